The second-order valence-corrected chi connectivity index (χ2v) is 14.2. The molecule has 0 saturated carbocycles. The van der Waals surface area contributed by atoms with Crippen LogP contribution < -0.4 is 11.5 Å². The molecule has 4 N–H and O–H groups in total. The first kappa shape index (κ1) is 36.3. The lowest BCUT2D eigenvalue weighted by molar-refractivity contribution is 0.530. The van der Waals surface area contributed by atoms with Crippen molar-refractivity contribution < 1.29 is 0 Å². The van der Waals surface area contributed by atoms with Gasteiger partial charge in [-0.2, -0.15) is 0 Å². The van der Waals surface area contributed by atoms with E-state index in [9.17, 15) is 0 Å². The number of hydrogen-bond acceptors (Lipinski definition) is 2. The molecule has 2 heteroatoms. The van der Waals surface area contributed by atoms with Crippen molar-refractivity contribution in [3.8, 4) is 0 Å². The van der Waals surface area contributed by atoms with Gasteiger partial charge in [0.2, 0.25) is 0 Å². The van der Waals surface area contributed by atoms with Gasteiger partial charge in [-0.25, -0.2) is 0 Å². The lowest BCUT2D eigenvalue weighted by Gasteiger charge is -2.07. The quantitative estimate of drug-likeness (QED) is 0.0670. The third-order valence-electron chi connectivity index (χ3n) is 9.96. The maximum Gasteiger partial charge on any atom is 0.0343 e. The molecule has 252 valence electrons. The first-order chi connectivity index (χ1) is 23.0. The zero-order chi connectivity index (χ0) is 33.1. The number of nitrogen functional groups attached to an aromatic ring is 2. The fraction of sp³-hybridized carbons (Fsp3) is 0.467. The van der Waals surface area contributed by atoms with Gasteiger partial charge in [0.05, 0.1) is 0 Å². The number of hydrogen-bond donors (Lipinski definition) is 2. The van der Waals surface area contributed by atoms with Crippen molar-refractivity contribution >= 4 is 11.4 Å². The highest BCUT2D eigenvalue weighted by atomic mass is 14.6. The summed E-state index contributed by atoms with van der Waals surface area (Å²) in [6.45, 7) is 4.17. The topological polar surface area (TPSA) is 52.0 Å². The molecule has 4 aromatic carbocycles. The zero-order valence-electron chi connectivity index (χ0n) is 29.7. The molecule has 4 rings (SSSR count). The molecule has 2 nitrogen and oxygen atoms in total. The summed E-state index contributed by atoms with van der Waals surface area (Å²) in [5, 5.41) is 0. The standard InChI is InChI=1S/C45H62N2/c1-36-32-42(28-30-44(36)46)34-40-24-20-38(21-25-40)18-16-14-12-10-8-6-4-3-5-7-9-11-13-15-17-19-39-22-26-41(27-23-39)35-43-29-31-45(47)37(2)33-43/h20-33H,3-19,34-35,46-47H2,1-2H3. The summed E-state index contributed by atoms with van der Waals surface area (Å²) >= 11 is 0. The minimum Gasteiger partial charge on any atom is -0.399 e. The summed E-state index contributed by atoms with van der Waals surface area (Å²) in [5.41, 5.74) is 24.4. The average molecular weight is 631 g/mol. The van der Waals surface area contributed by atoms with Gasteiger partial charge in [0, 0.05) is 11.4 Å². The number of anilines is 2. The minimum atomic E-state index is 0.878. The number of aryl methyl sites for hydroxylation is 4. The van der Waals surface area contributed by atoms with Gasteiger partial charge in [0.25, 0.3) is 0 Å². The van der Waals surface area contributed by atoms with Crippen LogP contribution in [0.25, 0.3) is 0 Å². The molecule has 0 amide bonds. The van der Waals surface area contributed by atoms with Crippen molar-refractivity contribution in [2.45, 2.75) is 136 Å². The van der Waals surface area contributed by atoms with Gasteiger partial charge < -0.3 is 11.5 Å². The molecule has 47 heavy (non-hydrogen) atoms. The van der Waals surface area contributed by atoms with Gasteiger partial charge >= 0.3 is 0 Å². The second-order valence-electron chi connectivity index (χ2n) is 14.2. The van der Waals surface area contributed by atoms with Gasteiger partial charge in [-0.15, -0.1) is 0 Å². The fourth-order valence-corrected chi connectivity index (χ4v) is 6.77. The lowest BCUT2D eigenvalue weighted by Crippen LogP contribution is -1.94. The van der Waals surface area contributed by atoms with E-state index < -0.39 is 0 Å². The SMILES string of the molecule is Cc1cc(Cc2ccc(CCCCCCCCCCCCCCCCCc3ccc(Cc4ccc(N)c(C)c4)cc3)cc2)ccc1N. The molecule has 0 atom stereocenters. The first-order valence-electron chi connectivity index (χ1n) is 18.8. The summed E-state index contributed by atoms with van der Waals surface area (Å²) in [6.07, 6.45) is 25.3. The van der Waals surface area contributed by atoms with Crippen LogP contribution in [-0.2, 0) is 25.7 Å². The van der Waals surface area contributed by atoms with E-state index in [1.54, 1.807) is 0 Å². The van der Waals surface area contributed by atoms with Crippen LogP contribution in [-0.4, -0.2) is 0 Å². The predicted octanol–water partition coefficient (Wildman–Crippen LogP) is 12.3. The molecular formula is C45H62N2. The van der Waals surface area contributed by atoms with E-state index in [1.165, 1.54) is 154 Å². The van der Waals surface area contributed by atoms with Crippen LogP contribution in [0.15, 0.2) is 84.9 Å². The predicted molar refractivity (Wildman–Crippen MR) is 206 cm³/mol. The van der Waals surface area contributed by atoms with Crippen LogP contribution in [0.5, 0.6) is 0 Å². The van der Waals surface area contributed by atoms with E-state index in [0.717, 1.165) is 24.2 Å². The Labute approximate surface area is 287 Å². The van der Waals surface area contributed by atoms with Crippen molar-refractivity contribution in [1.29, 1.82) is 0 Å². The van der Waals surface area contributed by atoms with Crippen LogP contribution in [0.4, 0.5) is 11.4 Å². The Morgan fingerprint density at radius 1 is 0.319 bits per heavy atom. The van der Waals surface area contributed by atoms with Gasteiger partial charge in [-0.1, -0.05) is 156 Å². The number of unbranched alkanes of at least 4 members (excludes halogenated alkanes) is 14. The number of rotatable bonds is 22. The highest BCUT2D eigenvalue weighted by Gasteiger charge is 2.03. The van der Waals surface area contributed by atoms with Crippen molar-refractivity contribution in [1.82, 2.24) is 0 Å². The Kier molecular flexibility index (Phi) is 16.0. The number of nitrogens with two attached hydrogens (primary N) is 2. The Balaban J connectivity index is 0.900. The van der Waals surface area contributed by atoms with Crippen LogP contribution >= 0.6 is 0 Å². The Morgan fingerprint density at radius 2 is 0.574 bits per heavy atom. The largest absolute Gasteiger partial charge is 0.399 e. The summed E-state index contributed by atoms with van der Waals surface area (Å²) in [4.78, 5) is 0. The summed E-state index contributed by atoms with van der Waals surface area (Å²) in [6, 6.07) is 31.3. The van der Waals surface area contributed by atoms with Crippen molar-refractivity contribution in [3.05, 3.63) is 129 Å². The van der Waals surface area contributed by atoms with Crippen LogP contribution in [0.2, 0.25) is 0 Å². The molecule has 0 aliphatic carbocycles. The van der Waals surface area contributed by atoms with Gasteiger partial charge in [-0.05, 0) is 109 Å². The van der Waals surface area contributed by atoms with Crippen LogP contribution in [0, 0.1) is 13.8 Å². The molecule has 0 spiro atoms. The van der Waals surface area contributed by atoms with E-state index in [4.69, 9.17) is 11.5 Å². The average Bonchev–Trinajstić information content (AvgIpc) is 3.07. The monoisotopic (exact) mass is 630 g/mol. The Bertz CT molecular complexity index is 1320. The smallest absolute Gasteiger partial charge is 0.0343 e. The van der Waals surface area contributed by atoms with Crippen molar-refractivity contribution in [2.24, 2.45) is 0 Å². The molecule has 0 radical (unpaired) electrons. The molecule has 0 unspecified atom stereocenters. The van der Waals surface area contributed by atoms with Gasteiger partial charge in [-0.3, -0.25) is 0 Å². The third-order valence-corrected chi connectivity index (χ3v) is 9.96. The molecule has 0 heterocycles. The molecule has 0 fully saturated rings. The second kappa shape index (κ2) is 20.7. The third kappa shape index (κ3) is 14.0. The molecule has 0 aliphatic heterocycles. The Hall–Kier alpha value is -3.52. The number of benzene rings is 4. The highest BCUT2D eigenvalue weighted by molar-refractivity contribution is 5.49. The van der Waals surface area contributed by atoms with Gasteiger partial charge in [0.15, 0.2) is 0 Å². The maximum atomic E-state index is 5.96. The van der Waals surface area contributed by atoms with E-state index in [-0.39, 0.29) is 0 Å². The van der Waals surface area contributed by atoms with Crippen molar-refractivity contribution in [2.75, 3.05) is 11.5 Å². The lowest BCUT2D eigenvalue weighted by atomic mass is 9.99. The van der Waals surface area contributed by atoms with E-state index in [1.807, 2.05) is 12.1 Å². The van der Waals surface area contributed by atoms with Crippen LogP contribution in [0.3, 0.4) is 0 Å². The molecule has 0 bridgehead atoms. The Morgan fingerprint density at radius 3 is 0.872 bits per heavy atom. The molecule has 0 saturated heterocycles. The fourth-order valence-electron chi connectivity index (χ4n) is 6.77. The molecule has 4 aromatic rings. The van der Waals surface area contributed by atoms with Gasteiger partial charge in [0.1, 0.15) is 0 Å². The zero-order valence-corrected chi connectivity index (χ0v) is 29.7. The van der Waals surface area contributed by atoms with E-state index in [2.05, 4.69) is 86.6 Å². The van der Waals surface area contributed by atoms with E-state index in [0.29, 0.717) is 0 Å². The molecular weight excluding hydrogens is 569 g/mol. The minimum absolute atomic E-state index is 0.878. The van der Waals surface area contributed by atoms with Crippen molar-refractivity contribution in [3.63, 3.8) is 0 Å². The summed E-state index contributed by atoms with van der Waals surface area (Å²) in [7, 11) is 0. The summed E-state index contributed by atoms with van der Waals surface area (Å²) < 4.78 is 0. The molecule has 0 aromatic heterocycles. The highest BCUT2D eigenvalue weighted by Crippen LogP contribution is 2.20. The first-order valence-corrected chi connectivity index (χ1v) is 18.8. The summed E-state index contributed by atoms with van der Waals surface area (Å²) in [5.74, 6) is 0. The maximum absolute atomic E-state index is 5.96. The van der Waals surface area contributed by atoms with Crippen LogP contribution in [0.1, 0.15) is 141 Å². The normalized spacial score (nSPS) is 11.3. The van der Waals surface area contributed by atoms with E-state index >= 15 is 0 Å². The molecule has 0 aliphatic rings.